The van der Waals surface area contributed by atoms with E-state index in [9.17, 15) is 0 Å². The van der Waals surface area contributed by atoms with Gasteiger partial charge in [-0.3, -0.25) is 0 Å². The van der Waals surface area contributed by atoms with Crippen LogP contribution in [0, 0.1) is 0 Å². The number of aromatic nitrogens is 3. The lowest BCUT2D eigenvalue weighted by Gasteiger charge is -2.07. The quantitative estimate of drug-likeness (QED) is 0.780. The maximum Gasteiger partial charge on any atom is 0.145 e. The average Bonchev–Trinajstić information content (AvgIpc) is 2.83. The molecule has 2 aromatic heterocycles. The number of fused-ring (bicyclic) bond motifs is 1. The van der Waals surface area contributed by atoms with E-state index in [-0.39, 0.29) is 0 Å². The maximum atomic E-state index is 5.14. The van der Waals surface area contributed by atoms with Crippen molar-refractivity contribution >= 4 is 22.5 Å². The summed E-state index contributed by atoms with van der Waals surface area (Å²) < 4.78 is 7.10. The average molecular weight is 254 g/mol. The fourth-order valence-electron chi connectivity index (χ4n) is 1.99. The van der Waals surface area contributed by atoms with Crippen LogP contribution in [0.2, 0.25) is 0 Å². The van der Waals surface area contributed by atoms with E-state index >= 15 is 0 Å². The van der Waals surface area contributed by atoms with Gasteiger partial charge in [-0.15, -0.1) is 0 Å². The van der Waals surface area contributed by atoms with Crippen molar-refractivity contribution in [2.24, 2.45) is 7.05 Å². The summed E-state index contributed by atoms with van der Waals surface area (Å²) in [7, 11) is 3.62. The number of methoxy groups -OCH3 is 1. The Bertz CT molecular complexity index is 703. The predicted octanol–water partition coefficient (Wildman–Crippen LogP) is 2.72. The molecule has 0 saturated heterocycles. The summed E-state index contributed by atoms with van der Waals surface area (Å²) in [6.07, 6.45) is 3.53. The van der Waals surface area contributed by atoms with E-state index in [4.69, 9.17) is 4.74 Å². The molecule has 3 aromatic rings. The lowest BCUT2D eigenvalue weighted by Crippen LogP contribution is -1.96. The molecule has 0 saturated carbocycles. The first-order valence-corrected chi connectivity index (χ1v) is 5.95. The van der Waals surface area contributed by atoms with Crippen LogP contribution < -0.4 is 10.1 Å². The Hall–Kier alpha value is -2.56. The highest BCUT2D eigenvalue weighted by molar-refractivity contribution is 5.89. The molecule has 1 N–H and O–H groups in total. The van der Waals surface area contributed by atoms with Crippen LogP contribution in [-0.2, 0) is 7.05 Å². The van der Waals surface area contributed by atoms with Gasteiger partial charge in [-0.25, -0.2) is 9.97 Å². The summed E-state index contributed by atoms with van der Waals surface area (Å²) in [6.45, 7) is 0. The summed E-state index contributed by atoms with van der Waals surface area (Å²) in [6, 6.07) is 9.73. The maximum absolute atomic E-state index is 5.14. The number of aryl methyl sites for hydroxylation is 1. The van der Waals surface area contributed by atoms with Gasteiger partial charge in [0.05, 0.1) is 12.5 Å². The van der Waals surface area contributed by atoms with E-state index in [1.807, 2.05) is 48.1 Å². The van der Waals surface area contributed by atoms with Gasteiger partial charge in [-0.1, -0.05) is 0 Å². The van der Waals surface area contributed by atoms with Crippen molar-refractivity contribution in [2.45, 2.75) is 0 Å². The fraction of sp³-hybridized carbons (Fsp3) is 0.143. The summed E-state index contributed by atoms with van der Waals surface area (Å²) in [5.41, 5.74) is 1.87. The molecule has 0 aliphatic heterocycles. The molecule has 1 aromatic carbocycles. The van der Waals surface area contributed by atoms with Crippen LogP contribution in [0.5, 0.6) is 5.75 Å². The third-order valence-corrected chi connectivity index (χ3v) is 3.01. The van der Waals surface area contributed by atoms with E-state index in [0.717, 1.165) is 28.3 Å². The second kappa shape index (κ2) is 4.61. The van der Waals surface area contributed by atoms with Crippen molar-refractivity contribution in [2.75, 3.05) is 12.4 Å². The van der Waals surface area contributed by atoms with Crippen molar-refractivity contribution < 1.29 is 4.74 Å². The lowest BCUT2D eigenvalue weighted by molar-refractivity contribution is 0.415. The van der Waals surface area contributed by atoms with E-state index < -0.39 is 0 Å². The van der Waals surface area contributed by atoms with Gasteiger partial charge in [0.25, 0.3) is 0 Å². The zero-order valence-corrected chi connectivity index (χ0v) is 10.8. The Morgan fingerprint density at radius 3 is 2.63 bits per heavy atom. The van der Waals surface area contributed by atoms with Gasteiger partial charge in [-0.2, -0.15) is 0 Å². The molecule has 3 rings (SSSR count). The Morgan fingerprint density at radius 1 is 1.11 bits per heavy atom. The van der Waals surface area contributed by atoms with Crippen molar-refractivity contribution in [3.63, 3.8) is 0 Å². The minimum absolute atomic E-state index is 0.802. The molecule has 5 heteroatoms. The highest BCUT2D eigenvalue weighted by atomic mass is 16.5. The van der Waals surface area contributed by atoms with E-state index in [0.29, 0.717) is 0 Å². The predicted molar refractivity (Wildman–Crippen MR) is 74.8 cm³/mol. The second-order valence-electron chi connectivity index (χ2n) is 4.24. The normalized spacial score (nSPS) is 10.6. The van der Waals surface area contributed by atoms with Crippen molar-refractivity contribution in [3.8, 4) is 5.75 Å². The molecule has 96 valence electrons. The highest BCUT2D eigenvalue weighted by Crippen LogP contribution is 2.24. The lowest BCUT2D eigenvalue weighted by atomic mass is 10.3. The number of rotatable bonds is 3. The molecule has 0 radical (unpaired) electrons. The van der Waals surface area contributed by atoms with Gasteiger partial charge in [0, 0.05) is 18.9 Å². The van der Waals surface area contributed by atoms with Gasteiger partial charge < -0.3 is 14.6 Å². The second-order valence-corrected chi connectivity index (χ2v) is 4.24. The summed E-state index contributed by atoms with van der Waals surface area (Å²) in [4.78, 5) is 8.55. The highest BCUT2D eigenvalue weighted by Gasteiger charge is 2.06. The largest absolute Gasteiger partial charge is 0.497 e. The molecular formula is C14H14N4O. The topological polar surface area (TPSA) is 52.0 Å². The van der Waals surface area contributed by atoms with E-state index in [2.05, 4.69) is 15.3 Å². The van der Waals surface area contributed by atoms with Crippen LogP contribution in [0.25, 0.3) is 11.0 Å². The van der Waals surface area contributed by atoms with Crippen LogP contribution in [0.4, 0.5) is 11.5 Å². The van der Waals surface area contributed by atoms with Crippen molar-refractivity contribution in [1.29, 1.82) is 0 Å². The van der Waals surface area contributed by atoms with Gasteiger partial charge in [0.1, 0.15) is 23.5 Å². The minimum Gasteiger partial charge on any atom is -0.497 e. The number of hydrogen-bond donors (Lipinski definition) is 1. The number of nitrogens with zero attached hydrogens (tertiary/aromatic N) is 3. The molecule has 0 fully saturated rings. The molecule has 0 amide bonds. The Balaban J connectivity index is 1.96. The zero-order chi connectivity index (χ0) is 13.2. The number of nitrogens with one attached hydrogen (secondary N) is 1. The molecule has 19 heavy (non-hydrogen) atoms. The first-order valence-electron chi connectivity index (χ1n) is 5.95. The first-order chi connectivity index (χ1) is 9.28. The number of benzene rings is 1. The summed E-state index contributed by atoms with van der Waals surface area (Å²) in [5, 5.41) is 4.29. The van der Waals surface area contributed by atoms with Crippen molar-refractivity contribution in [1.82, 2.24) is 14.5 Å². The number of anilines is 2. The van der Waals surface area contributed by atoms with Gasteiger partial charge in [-0.05, 0) is 30.3 Å². The Labute approximate surface area is 110 Å². The van der Waals surface area contributed by atoms with E-state index in [1.165, 1.54) is 0 Å². The third-order valence-electron chi connectivity index (χ3n) is 3.01. The van der Waals surface area contributed by atoms with Crippen molar-refractivity contribution in [3.05, 3.63) is 42.9 Å². The molecule has 5 nitrogen and oxygen atoms in total. The van der Waals surface area contributed by atoms with Gasteiger partial charge >= 0.3 is 0 Å². The number of ether oxygens (including phenoxy) is 1. The number of hydrogen-bond acceptors (Lipinski definition) is 4. The minimum atomic E-state index is 0.802. The van der Waals surface area contributed by atoms with E-state index in [1.54, 1.807) is 13.4 Å². The molecule has 0 aliphatic carbocycles. The summed E-state index contributed by atoms with van der Waals surface area (Å²) in [5.74, 6) is 1.63. The molecule has 0 unspecified atom stereocenters. The molecule has 0 bridgehead atoms. The molecule has 2 heterocycles. The van der Waals surface area contributed by atoms with Crippen LogP contribution in [0.15, 0.2) is 42.9 Å². The van der Waals surface area contributed by atoms with Gasteiger partial charge in [0.15, 0.2) is 0 Å². The van der Waals surface area contributed by atoms with Gasteiger partial charge in [0.2, 0.25) is 0 Å². The Morgan fingerprint density at radius 2 is 1.89 bits per heavy atom. The molecule has 0 atom stereocenters. The molecule has 0 spiro atoms. The fourth-order valence-corrected chi connectivity index (χ4v) is 1.99. The molecular weight excluding hydrogens is 240 g/mol. The SMILES string of the molecule is COc1ccc(Nc2ncnc3c2ccn3C)cc1. The van der Waals surface area contributed by atoms with Crippen LogP contribution >= 0.6 is 0 Å². The monoisotopic (exact) mass is 254 g/mol. The van der Waals surface area contributed by atoms with Crippen LogP contribution in [0.1, 0.15) is 0 Å². The third kappa shape index (κ3) is 2.10. The summed E-state index contributed by atoms with van der Waals surface area (Å²) >= 11 is 0. The van der Waals surface area contributed by atoms with Crippen LogP contribution in [0.3, 0.4) is 0 Å². The first kappa shape index (κ1) is 11.5. The smallest absolute Gasteiger partial charge is 0.145 e. The molecule has 0 aliphatic rings. The zero-order valence-electron chi connectivity index (χ0n) is 10.8. The Kier molecular flexibility index (Phi) is 2.79. The standard InChI is InChI=1S/C14H14N4O/c1-18-8-7-12-13(15-9-16-14(12)18)17-10-3-5-11(19-2)6-4-10/h3-9H,1-2H3,(H,15,16,17). The van der Waals surface area contributed by atoms with Crippen LogP contribution in [-0.4, -0.2) is 21.6 Å².